The molecule has 0 aliphatic heterocycles. The Labute approximate surface area is 200 Å². The SMILES string of the molecule is CCCCCCCCCC(CCCCCCC)C(=O)N[C@H](C(=O)NCCCC)[C@@H](C)CC. The normalized spacial score (nSPS) is 14.0. The molecule has 0 saturated carbocycles. The van der Waals surface area contributed by atoms with Gasteiger partial charge in [0.25, 0.3) is 0 Å². The van der Waals surface area contributed by atoms with Crippen molar-refractivity contribution in [2.24, 2.45) is 11.8 Å². The second kappa shape index (κ2) is 21.8. The lowest BCUT2D eigenvalue weighted by molar-refractivity contribution is -0.132. The van der Waals surface area contributed by atoms with Crippen molar-refractivity contribution in [3.05, 3.63) is 0 Å². The van der Waals surface area contributed by atoms with E-state index >= 15 is 0 Å². The van der Waals surface area contributed by atoms with Crippen LogP contribution in [-0.2, 0) is 9.59 Å². The smallest absolute Gasteiger partial charge is 0.242 e. The van der Waals surface area contributed by atoms with Crippen LogP contribution < -0.4 is 10.6 Å². The van der Waals surface area contributed by atoms with Crippen LogP contribution in [0.1, 0.15) is 144 Å². The molecule has 0 rings (SSSR count). The van der Waals surface area contributed by atoms with Gasteiger partial charge in [-0.3, -0.25) is 9.59 Å². The molecule has 190 valence electrons. The Morgan fingerprint density at radius 1 is 0.625 bits per heavy atom. The molecule has 0 aromatic rings. The number of carbonyl (C=O) groups excluding carboxylic acids is 2. The first-order valence-electron chi connectivity index (χ1n) is 14.1. The number of unbranched alkanes of at least 4 members (excludes halogenated alkanes) is 11. The first-order valence-corrected chi connectivity index (χ1v) is 14.1. The molecule has 1 unspecified atom stereocenters. The molecule has 32 heavy (non-hydrogen) atoms. The molecule has 0 aliphatic rings. The Morgan fingerprint density at radius 3 is 1.56 bits per heavy atom. The average molecular weight is 453 g/mol. The zero-order chi connectivity index (χ0) is 24.0. The van der Waals surface area contributed by atoms with Crippen LogP contribution in [0.3, 0.4) is 0 Å². The van der Waals surface area contributed by atoms with E-state index in [4.69, 9.17) is 0 Å². The fourth-order valence-corrected chi connectivity index (χ4v) is 4.22. The van der Waals surface area contributed by atoms with Gasteiger partial charge in [-0.05, 0) is 25.2 Å². The minimum atomic E-state index is -0.416. The molecule has 0 bridgehead atoms. The lowest BCUT2D eigenvalue weighted by Gasteiger charge is -2.26. The highest BCUT2D eigenvalue weighted by Crippen LogP contribution is 2.21. The van der Waals surface area contributed by atoms with Crippen LogP contribution in [0.15, 0.2) is 0 Å². The van der Waals surface area contributed by atoms with Crippen LogP contribution in [0.2, 0.25) is 0 Å². The number of carbonyl (C=O) groups is 2. The summed E-state index contributed by atoms with van der Waals surface area (Å²) in [5, 5.41) is 6.20. The predicted octanol–water partition coefficient (Wildman–Crippen LogP) is 7.55. The van der Waals surface area contributed by atoms with E-state index in [1.54, 1.807) is 0 Å². The maximum atomic E-state index is 13.2. The third kappa shape index (κ3) is 15.7. The molecule has 0 fully saturated rings. The molecule has 0 heterocycles. The van der Waals surface area contributed by atoms with E-state index in [0.717, 1.165) is 44.9 Å². The van der Waals surface area contributed by atoms with Gasteiger partial charge in [-0.15, -0.1) is 0 Å². The monoisotopic (exact) mass is 452 g/mol. The summed E-state index contributed by atoms with van der Waals surface area (Å²) in [4.78, 5) is 26.0. The van der Waals surface area contributed by atoms with E-state index in [-0.39, 0.29) is 23.7 Å². The minimum Gasteiger partial charge on any atom is -0.354 e. The van der Waals surface area contributed by atoms with Gasteiger partial charge in [0.1, 0.15) is 6.04 Å². The second-order valence-corrected chi connectivity index (χ2v) is 9.83. The van der Waals surface area contributed by atoms with E-state index < -0.39 is 6.04 Å². The molecule has 2 amide bonds. The number of amides is 2. The topological polar surface area (TPSA) is 58.2 Å². The summed E-state index contributed by atoms with van der Waals surface area (Å²) < 4.78 is 0. The maximum absolute atomic E-state index is 13.2. The first-order chi connectivity index (χ1) is 15.5. The molecule has 0 saturated heterocycles. The summed E-state index contributed by atoms with van der Waals surface area (Å²) in [7, 11) is 0. The van der Waals surface area contributed by atoms with Crippen LogP contribution in [0.5, 0.6) is 0 Å². The maximum Gasteiger partial charge on any atom is 0.242 e. The average Bonchev–Trinajstić information content (AvgIpc) is 2.79. The van der Waals surface area contributed by atoms with Crippen LogP contribution in [0, 0.1) is 11.8 Å². The summed E-state index contributed by atoms with van der Waals surface area (Å²) in [6.07, 6.45) is 19.8. The molecule has 0 spiro atoms. The van der Waals surface area contributed by atoms with Crippen LogP contribution in [0.25, 0.3) is 0 Å². The van der Waals surface area contributed by atoms with Crippen molar-refractivity contribution < 1.29 is 9.59 Å². The van der Waals surface area contributed by atoms with Gasteiger partial charge in [-0.2, -0.15) is 0 Å². The van der Waals surface area contributed by atoms with Gasteiger partial charge in [0.2, 0.25) is 11.8 Å². The molecule has 4 nitrogen and oxygen atoms in total. The van der Waals surface area contributed by atoms with E-state index in [0.29, 0.717) is 6.54 Å². The summed E-state index contributed by atoms with van der Waals surface area (Å²) in [6, 6.07) is -0.416. The zero-order valence-corrected chi connectivity index (χ0v) is 22.3. The van der Waals surface area contributed by atoms with Crippen molar-refractivity contribution in [3.63, 3.8) is 0 Å². The van der Waals surface area contributed by atoms with Gasteiger partial charge >= 0.3 is 0 Å². The van der Waals surface area contributed by atoms with Gasteiger partial charge in [-0.1, -0.05) is 125 Å². The molecule has 2 N–H and O–H groups in total. The number of nitrogens with one attached hydrogen (secondary N) is 2. The van der Waals surface area contributed by atoms with Crippen molar-refractivity contribution >= 4 is 11.8 Å². The quantitative estimate of drug-likeness (QED) is 0.167. The highest BCUT2D eigenvalue weighted by molar-refractivity contribution is 5.88. The van der Waals surface area contributed by atoms with Gasteiger partial charge in [0, 0.05) is 12.5 Å². The van der Waals surface area contributed by atoms with E-state index in [1.165, 1.54) is 64.2 Å². The minimum absolute atomic E-state index is 0.0150. The molecular formula is C28H56N2O2. The molecule has 4 heteroatoms. The third-order valence-electron chi connectivity index (χ3n) is 6.81. The Bertz CT molecular complexity index is 453. The van der Waals surface area contributed by atoms with Gasteiger partial charge < -0.3 is 10.6 Å². The Morgan fingerprint density at radius 2 is 1.09 bits per heavy atom. The Hall–Kier alpha value is -1.06. The standard InChI is InChI=1S/C28H56N2O2/c1-6-10-13-15-16-18-20-22-25(21-19-17-14-11-7-2)27(31)30-26(24(5)9-4)28(32)29-23-12-8-3/h24-26H,6-23H2,1-5H3,(H,29,32)(H,30,31)/t24-,25?,26-/m0/s1. The van der Waals surface area contributed by atoms with Crippen molar-refractivity contribution in [3.8, 4) is 0 Å². The lowest BCUT2D eigenvalue weighted by Crippen LogP contribution is -2.51. The highest BCUT2D eigenvalue weighted by Gasteiger charge is 2.28. The highest BCUT2D eigenvalue weighted by atomic mass is 16.2. The Kier molecular flexibility index (Phi) is 21.0. The third-order valence-corrected chi connectivity index (χ3v) is 6.81. The van der Waals surface area contributed by atoms with Crippen LogP contribution in [0.4, 0.5) is 0 Å². The molecule has 0 radical (unpaired) electrons. The summed E-state index contributed by atoms with van der Waals surface area (Å²) in [6.45, 7) is 11.5. The van der Waals surface area contributed by atoms with Gasteiger partial charge in [0.05, 0.1) is 0 Å². The first kappa shape index (κ1) is 30.9. The molecule has 3 atom stereocenters. The zero-order valence-electron chi connectivity index (χ0n) is 22.3. The largest absolute Gasteiger partial charge is 0.354 e. The van der Waals surface area contributed by atoms with E-state index in [2.05, 4.69) is 45.3 Å². The molecule has 0 aromatic heterocycles. The second-order valence-electron chi connectivity index (χ2n) is 9.83. The Balaban J connectivity index is 4.80. The summed E-state index contributed by atoms with van der Waals surface area (Å²) >= 11 is 0. The number of hydrogen-bond acceptors (Lipinski definition) is 2. The fourth-order valence-electron chi connectivity index (χ4n) is 4.22. The van der Waals surface area contributed by atoms with Gasteiger partial charge in [-0.25, -0.2) is 0 Å². The summed E-state index contributed by atoms with van der Waals surface area (Å²) in [5.41, 5.74) is 0. The van der Waals surface area contributed by atoms with Gasteiger partial charge in [0.15, 0.2) is 0 Å². The number of hydrogen-bond donors (Lipinski definition) is 2. The molecule has 0 aromatic carbocycles. The van der Waals surface area contributed by atoms with Crippen molar-refractivity contribution in [2.45, 2.75) is 150 Å². The van der Waals surface area contributed by atoms with Crippen molar-refractivity contribution in [1.82, 2.24) is 10.6 Å². The predicted molar refractivity (Wildman–Crippen MR) is 139 cm³/mol. The van der Waals surface area contributed by atoms with E-state index in [1.807, 2.05) is 0 Å². The molecular weight excluding hydrogens is 396 g/mol. The summed E-state index contributed by atoms with van der Waals surface area (Å²) in [5.74, 6) is 0.271. The molecule has 0 aliphatic carbocycles. The van der Waals surface area contributed by atoms with Crippen molar-refractivity contribution in [2.75, 3.05) is 6.54 Å². The van der Waals surface area contributed by atoms with Crippen molar-refractivity contribution in [1.29, 1.82) is 0 Å². The van der Waals surface area contributed by atoms with Crippen LogP contribution >= 0.6 is 0 Å². The lowest BCUT2D eigenvalue weighted by atomic mass is 9.91. The van der Waals surface area contributed by atoms with E-state index in [9.17, 15) is 9.59 Å². The fraction of sp³-hybridized carbons (Fsp3) is 0.929. The van der Waals surface area contributed by atoms with Crippen LogP contribution in [-0.4, -0.2) is 24.4 Å². The number of rotatable bonds is 22.